The number of nitrogens with one attached hydrogen (secondary N) is 2. The largest absolute Gasteiger partial charge is 0.409 e. The van der Waals surface area contributed by atoms with E-state index in [0.29, 0.717) is 12.1 Å². The number of amides is 1. The lowest BCUT2D eigenvalue weighted by Gasteiger charge is -2.16. The number of hydrogen-bond acceptors (Lipinski definition) is 4. The van der Waals surface area contributed by atoms with Crippen LogP contribution < -0.4 is 16.4 Å². The quantitative estimate of drug-likeness (QED) is 0.267. The number of benzene rings is 1. The molecule has 1 atom stereocenters. The number of oxime groups is 1. The number of rotatable bonds is 6. The third kappa shape index (κ3) is 4.89. The summed E-state index contributed by atoms with van der Waals surface area (Å²) < 4.78 is 0. The zero-order valence-electron chi connectivity index (χ0n) is 12.1. The van der Waals surface area contributed by atoms with Gasteiger partial charge in [0.1, 0.15) is 0 Å². The molecule has 1 aromatic rings. The first-order valence-electron chi connectivity index (χ1n) is 6.54. The van der Waals surface area contributed by atoms with E-state index in [4.69, 9.17) is 10.9 Å². The molecule has 0 aliphatic rings. The third-order valence-electron chi connectivity index (χ3n) is 2.79. The fourth-order valence-electron chi connectivity index (χ4n) is 1.62. The molecule has 0 saturated heterocycles. The van der Waals surface area contributed by atoms with Gasteiger partial charge < -0.3 is 21.6 Å². The standard InChI is InChI=1S/C14H22N4O2/c1-9(2)17-14(19)10(3)16-8-11-4-6-12(7-5-11)13(15)18-20/h4-7,9-10,16,20H,8H2,1-3H3,(H2,15,18)(H,17,19). The Kier molecular flexibility index (Phi) is 5.99. The van der Waals surface area contributed by atoms with Crippen LogP contribution in [0, 0.1) is 0 Å². The zero-order chi connectivity index (χ0) is 15.1. The molecule has 0 radical (unpaired) electrons. The van der Waals surface area contributed by atoms with Crippen LogP contribution in [0.5, 0.6) is 0 Å². The third-order valence-corrected chi connectivity index (χ3v) is 2.79. The maximum atomic E-state index is 11.7. The number of carbonyl (C=O) groups excluding carboxylic acids is 1. The monoisotopic (exact) mass is 278 g/mol. The van der Waals surface area contributed by atoms with Crippen molar-refractivity contribution in [2.24, 2.45) is 10.9 Å². The summed E-state index contributed by atoms with van der Waals surface area (Å²) in [4.78, 5) is 11.7. The van der Waals surface area contributed by atoms with Gasteiger partial charge in [0.15, 0.2) is 5.84 Å². The van der Waals surface area contributed by atoms with Gasteiger partial charge in [-0.2, -0.15) is 0 Å². The van der Waals surface area contributed by atoms with Crippen LogP contribution in [0.3, 0.4) is 0 Å². The van der Waals surface area contributed by atoms with Gasteiger partial charge in [0, 0.05) is 18.2 Å². The van der Waals surface area contributed by atoms with Crippen LogP contribution in [-0.4, -0.2) is 29.0 Å². The van der Waals surface area contributed by atoms with Gasteiger partial charge in [-0.3, -0.25) is 4.79 Å². The molecule has 0 aromatic heterocycles. The Morgan fingerprint density at radius 3 is 2.40 bits per heavy atom. The van der Waals surface area contributed by atoms with Crippen molar-refractivity contribution in [1.82, 2.24) is 10.6 Å². The number of amidine groups is 1. The zero-order valence-corrected chi connectivity index (χ0v) is 12.1. The van der Waals surface area contributed by atoms with Crippen molar-refractivity contribution in [2.45, 2.75) is 39.4 Å². The van der Waals surface area contributed by atoms with Crippen molar-refractivity contribution < 1.29 is 10.0 Å². The second-order valence-corrected chi connectivity index (χ2v) is 4.95. The number of nitrogens with two attached hydrogens (primary N) is 1. The summed E-state index contributed by atoms with van der Waals surface area (Å²) in [5.41, 5.74) is 7.16. The molecule has 0 saturated carbocycles. The lowest BCUT2D eigenvalue weighted by atomic mass is 10.1. The molecule has 0 aliphatic carbocycles. The van der Waals surface area contributed by atoms with Crippen molar-refractivity contribution in [3.63, 3.8) is 0 Å². The molecule has 0 heterocycles. The molecule has 1 unspecified atom stereocenters. The summed E-state index contributed by atoms with van der Waals surface area (Å²) in [7, 11) is 0. The average Bonchev–Trinajstić information content (AvgIpc) is 2.43. The summed E-state index contributed by atoms with van der Waals surface area (Å²) in [6, 6.07) is 7.14. The Bertz CT molecular complexity index is 469. The molecular weight excluding hydrogens is 256 g/mol. The van der Waals surface area contributed by atoms with E-state index in [1.165, 1.54) is 0 Å². The molecule has 110 valence electrons. The van der Waals surface area contributed by atoms with Gasteiger partial charge >= 0.3 is 0 Å². The second-order valence-electron chi connectivity index (χ2n) is 4.95. The van der Waals surface area contributed by atoms with Crippen LogP contribution in [0.4, 0.5) is 0 Å². The highest BCUT2D eigenvalue weighted by Gasteiger charge is 2.12. The molecule has 1 rings (SSSR count). The highest BCUT2D eigenvalue weighted by Crippen LogP contribution is 2.04. The highest BCUT2D eigenvalue weighted by atomic mass is 16.4. The van der Waals surface area contributed by atoms with Crippen LogP contribution in [0.2, 0.25) is 0 Å². The Balaban J connectivity index is 2.51. The van der Waals surface area contributed by atoms with E-state index in [0.717, 1.165) is 5.56 Å². The van der Waals surface area contributed by atoms with E-state index in [1.807, 2.05) is 32.9 Å². The lowest BCUT2D eigenvalue weighted by Crippen LogP contribution is -2.44. The first-order valence-corrected chi connectivity index (χ1v) is 6.54. The maximum Gasteiger partial charge on any atom is 0.237 e. The SMILES string of the molecule is CC(C)NC(=O)C(C)NCc1ccc(/C(N)=N/O)cc1. The molecule has 20 heavy (non-hydrogen) atoms. The molecule has 0 bridgehead atoms. The van der Waals surface area contributed by atoms with Crippen molar-refractivity contribution >= 4 is 11.7 Å². The highest BCUT2D eigenvalue weighted by molar-refractivity contribution is 5.96. The summed E-state index contributed by atoms with van der Waals surface area (Å²) in [5, 5.41) is 17.5. The summed E-state index contributed by atoms with van der Waals surface area (Å²) in [6.45, 7) is 6.25. The molecule has 0 fully saturated rings. The van der Waals surface area contributed by atoms with E-state index in [9.17, 15) is 4.79 Å². The van der Waals surface area contributed by atoms with E-state index in [1.54, 1.807) is 12.1 Å². The van der Waals surface area contributed by atoms with E-state index < -0.39 is 0 Å². The number of hydrogen-bond donors (Lipinski definition) is 4. The molecule has 1 amide bonds. The van der Waals surface area contributed by atoms with Crippen LogP contribution in [0.25, 0.3) is 0 Å². The molecule has 6 nitrogen and oxygen atoms in total. The average molecular weight is 278 g/mol. The van der Waals surface area contributed by atoms with Gasteiger partial charge in [0.05, 0.1) is 6.04 Å². The van der Waals surface area contributed by atoms with E-state index >= 15 is 0 Å². The molecule has 0 spiro atoms. The minimum atomic E-state index is -0.263. The van der Waals surface area contributed by atoms with Crippen molar-refractivity contribution in [3.8, 4) is 0 Å². The molecule has 1 aromatic carbocycles. The van der Waals surface area contributed by atoms with Gasteiger partial charge in [-0.1, -0.05) is 29.4 Å². The minimum absolute atomic E-state index is 0.0201. The Morgan fingerprint density at radius 1 is 1.30 bits per heavy atom. The smallest absolute Gasteiger partial charge is 0.237 e. The fourth-order valence-corrected chi connectivity index (χ4v) is 1.62. The molecule has 0 aliphatic heterocycles. The topological polar surface area (TPSA) is 99.7 Å². The second kappa shape index (κ2) is 7.49. The number of nitrogens with zero attached hydrogens (tertiary/aromatic N) is 1. The van der Waals surface area contributed by atoms with Crippen molar-refractivity contribution in [2.75, 3.05) is 0 Å². The maximum absolute atomic E-state index is 11.7. The van der Waals surface area contributed by atoms with Gasteiger partial charge in [-0.05, 0) is 26.3 Å². The van der Waals surface area contributed by atoms with Gasteiger partial charge in [0.25, 0.3) is 0 Å². The lowest BCUT2D eigenvalue weighted by molar-refractivity contribution is -0.123. The Morgan fingerprint density at radius 2 is 1.90 bits per heavy atom. The minimum Gasteiger partial charge on any atom is -0.409 e. The van der Waals surface area contributed by atoms with Crippen molar-refractivity contribution in [1.29, 1.82) is 0 Å². The summed E-state index contributed by atoms with van der Waals surface area (Å²) in [5.74, 6) is 0.0578. The molecule has 5 N–H and O–H groups in total. The van der Waals surface area contributed by atoms with Crippen LogP contribution in [0.15, 0.2) is 29.4 Å². The predicted octanol–water partition coefficient (Wildman–Crippen LogP) is 0.784. The Labute approximate surface area is 119 Å². The molecule has 6 heteroatoms. The van der Waals surface area contributed by atoms with E-state index in [-0.39, 0.29) is 23.8 Å². The van der Waals surface area contributed by atoms with Gasteiger partial charge in [0.2, 0.25) is 5.91 Å². The van der Waals surface area contributed by atoms with Gasteiger partial charge in [-0.15, -0.1) is 0 Å². The predicted molar refractivity (Wildman–Crippen MR) is 78.5 cm³/mol. The Hall–Kier alpha value is -2.08. The normalized spacial score (nSPS) is 13.3. The van der Waals surface area contributed by atoms with Crippen LogP contribution in [0.1, 0.15) is 31.9 Å². The van der Waals surface area contributed by atoms with Crippen molar-refractivity contribution in [3.05, 3.63) is 35.4 Å². The number of carbonyl (C=O) groups is 1. The molecular formula is C14H22N4O2. The fraction of sp³-hybridized carbons (Fsp3) is 0.429. The van der Waals surface area contributed by atoms with Crippen LogP contribution in [-0.2, 0) is 11.3 Å². The first-order chi connectivity index (χ1) is 9.43. The van der Waals surface area contributed by atoms with Crippen LogP contribution >= 0.6 is 0 Å². The summed E-state index contributed by atoms with van der Waals surface area (Å²) >= 11 is 0. The van der Waals surface area contributed by atoms with E-state index in [2.05, 4.69) is 15.8 Å². The van der Waals surface area contributed by atoms with Gasteiger partial charge in [-0.25, -0.2) is 0 Å². The first kappa shape index (κ1) is 16.0. The summed E-state index contributed by atoms with van der Waals surface area (Å²) in [6.07, 6.45) is 0.